The maximum atomic E-state index is 14.3. The summed E-state index contributed by atoms with van der Waals surface area (Å²) < 4.78 is 14.3. The third-order valence-electron chi connectivity index (χ3n) is 4.23. The van der Waals surface area contributed by atoms with Gasteiger partial charge in [-0.1, -0.05) is 12.8 Å². The first-order valence-electron chi connectivity index (χ1n) is 6.56. The summed E-state index contributed by atoms with van der Waals surface area (Å²) >= 11 is 0. The third kappa shape index (κ3) is 1.74. The van der Waals surface area contributed by atoms with E-state index in [0.717, 1.165) is 29.4 Å². The molecule has 1 aromatic heterocycles. The van der Waals surface area contributed by atoms with E-state index in [-0.39, 0.29) is 0 Å². The van der Waals surface area contributed by atoms with Gasteiger partial charge in [0.05, 0.1) is 5.41 Å². The predicted molar refractivity (Wildman–Crippen MR) is 70.8 cm³/mol. The molecular formula is C15H16FNO2. The summed E-state index contributed by atoms with van der Waals surface area (Å²) in [6.45, 7) is 1.90. The molecule has 0 saturated heterocycles. The number of aromatic nitrogens is 1. The topological polar surface area (TPSA) is 53.1 Å². The fraction of sp³-hybridized carbons (Fsp3) is 0.400. The van der Waals surface area contributed by atoms with Crippen LogP contribution in [-0.4, -0.2) is 16.1 Å². The lowest BCUT2D eigenvalue weighted by Crippen LogP contribution is -2.33. The number of carboxylic acids is 1. The number of nitrogens with one attached hydrogen (secondary N) is 1. The van der Waals surface area contributed by atoms with E-state index in [1.807, 2.05) is 13.0 Å². The summed E-state index contributed by atoms with van der Waals surface area (Å²) in [4.78, 5) is 14.8. The van der Waals surface area contributed by atoms with Gasteiger partial charge in [0.1, 0.15) is 5.82 Å². The first kappa shape index (κ1) is 12.2. The monoisotopic (exact) mass is 261 g/mol. The average Bonchev–Trinajstić information content (AvgIpc) is 2.93. The van der Waals surface area contributed by atoms with Gasteiger partial charge in [0.2, 0.25) is 0 Å². The van der Waals surface area contributed by atoms with Gasteiger partial charge >= 0.3 is 5.97 Å². The van der Waals surface area contributed by atoms with Crippen molar-refractivity contribution in [3.8, 4) is 0 Å². The highest BCUT2D eigenvalue weighted by atomic mass is 19.1. The number of carbonyl (C=O) groups is 1. The Labute approximate surface area is 110 Å². The Kier molecular flexibility index (Phi) is 2.62. The number of halogens is 1. The van der Waals surface area contributed by atoms with Crippen molar-refractivity contribution in [1.82, 2.24) is 4.98 Å². The lowest BCUT2D eigenvalue weighted by molar-refractivity contribution is -0.143. The number of hydrogen-bond donors (Lipinski definition) is 2. The molecule has 0 bridgehead atoms. The lowest BCUT2D eigenvalue weighted by atomic mass is 9.78. The standard InChI is InChI=1S/C15H16FNO2/c1-9-6-10-7-12(16)11(8-13(10)17-9)15(14(18)19)4-2-3-5-15/h6-8,17H,2-5H2,1H3,(H,18,19). The molecule has 0 radical (unpaired) electrons. The Morgan fingerprint density at radius 1 is 1.32 bits per heavy atom. The number of hydrogen-bond acceptors (Lipinski definition) is 1. The number of aliphatic carboxylic acids is 1. The number of aryl methyl sites for hydroxylation is 1. The largest absolute Gasteiger partial charge is 0.481 e. The third-order valence-corrected chi connectivity index (χ3v) is 4.23. The van der Waals surface area contributed by atoms with E-state index in [1.165, 1.54) is 6.07 Å². The van der Waals surface area contributed by atoms with Crippen LogP contribution in [0.1, 0.15) is 36.9 Å². The van der Waals surface area contributed by atoms with Gasteiger partial charge in [0.25, 0.3) is 0 Å². The molecule has 1 aromatic carbocycles. The van der Waals surface area contributed by atoms with E-state index in [2.05, 4.69) is 4.98 Å². The van der Waals surface area contributed by atoms with Crippen molar-refractivity contribution >= 4 is 16.9 Å². The molecule has 4 heteroatoms. The van der Waals surface area contributed by atoms with Gasteiger partial charge in [-0.2, -0.15) is 0 Å². The summed E-state index contributed by atoms with van der Waals surface area (Å²) in [7, 11) is 0. The Bertz CT molecular complexity index is 653. The number of rotatable bonds is 2. The molecular weight excluding hydrogens is 245 g/mol. The predicted octanol–water partition coefficient (Wildman–Crippen LogP) is 3.51. The Morgan fingerprint density at radius 3 is 2.63 bits per heavy atom. The second-order valence-corrected chi connectivity index (χ2v) is 5.47. The van der Waals surface area contributed by atoms with Crippen LogP contribution in [0.15, 0.2) is 18.2 Å². The minimum Gasteiger partial charge on any atom is -0.481 e. The average molecular weight is 261 g/mol. The van der Waals surface area contributed by atoms with Crippen molar-refractivity contribution in [3.05, 3.63) is 35.3 Å². The normalized spacial score (nSPS) is 18.0. The number of benzene rings is 1. The molecule has 1 aliphatic rings. The number of H-pyrrole nitrogens is 1. The molecule has 0 atom stereocenters. The second kappa shape index (κ2) is 4.08. The Hall–Kier alpha value is -1.84. The van der Waals surface area contributed by atoms with Crippen LogP contribution in [0, 0.1) is 12.7 Å². The van der Waals surface area contributed by atoms with Crippen LogP contribution in [0.4, 0.5) is 4.39 Å². The van der Waals surface area contributed by atoms with Gasteiger partial charge < -0.3 is 10.1 Å². The molecule has 3 rings (SSSR count). The molecule has 3 nitrogen and oxygen atoms in total. The summed E-state index contributed by atoms with van der Waals surface area (Å²) in [5.74, 6) is -1.32. The van der Waals surface area contributed by atoms with E-state index in [1.54, 1.807) is 6.07 Å². The molecule has 0 unspecified atom stereocenters. The summed E-state index contributed by atoms with van der Waals surface area (Å²) in [6.07, 6.45) is 2.72. The number of carboxylic acid groups (broad SMARTS) is 1. The molecule has 2 N–H and O–H groups in total. The maximum Gasteiger partial charge on any atom is 0.314 e. The van der Waals surface area contributed by atoms with E-state index in [4.69, 9.17) is 0 Å². The Balaban J connectivity index is 2.23. The lowest BCUT2D eigenvalue weighted by Gasteiger charge is -2.24. The number of fused-ring (bicyclic) bond motifs is 1. The zero-order valence-electron chi connectivity index (χ0n) is 10.8. The van der Waals surface area contributed by atoms with Gasteiger partial charge in [-0.25, -0.2) is 4.39 Å². The first-order chi connectivity index (χ1) is 9.03. The molecule has 1 heterocycles. The van der Waals surface area contributed by atoms with Gasteiger partial charge in [0.15, 0.2) is 0 Å². The van der Waals surface area contributed by atoms with Crippen molar-refractivity contribution in [2.45, 2.75) is 38.0 Å². The Morgan fingerprint density at radius 2 is 2.00 bits per heavy atom. The van der Waals surface area contributed by atoms with Crippen molar-refractivity contribution in [1.29, 1.82) is 0 Å². The zero-order chi connectivity index (χ0) is 13.6. The van der Waals surface area contributed by atoms with Crippen LogP contribution in [0.25, 0.3) is 10.9 Å². The van der Waals surface area contributed by atoms with Crippen LogP contribution < -0.4 is 0 Å². The highest BCUT2D eigenvalue weighted by Gasteiger charge is 2.44. The fourth-order valence-electron chi connectivity index (χ4n) is 3.24. The molecule has 0 aliphatic heterocycles. The van der Waals surface area contributed by atoms with Crippen molar-refractivity contribution in [2.24, 2.45) is 0 Å². The molecule has 1 saturated carbocycles. The zero-order valence-corrected chi connectivity index (χ0v) is 10.8. The van der Waals surface area contributed by atoms with Crippen LogP contribution in [-0.2, 0) is 10.2 Å². The summed E-state index contributed by atoms with van der Waals surface area (Å²) in [5, 5.41) is 10.3. The molecule has 1 aliphatic carbocycles. The van der Waals surface area contributed by atoms with Crippen LogP contribution in [0.3, 0.4) is 0 Å². The van der Waals surface area contributed by atoms with Gasteiger partial charge in [-0.15, -0.1) is 0 Å². The second-order valence-electron chi connectivity index (χ2n) is 5.47. The van der Waals surface area contributed by atoms with Gasteiger partial charge in [-0.05, 0) is 38.0 Å². The van der Waals surface area contributed by atoms with Crippen LogP contribution >= 0.6 is 0 Å². The van der Waals surface area contributed by atoms with Crippen molar-refractivity contribution < 1.29 is 14.3 Å². The summed E-state index contributed by atoms with van der Waals surface area (Å²) in [5.41, 5.74) is 1.03. The minimum absolute atomic E-state index is 0.326. The fourth-order valence-corrected chi connectivity index (χ4v) is 3.24. The smallest absolute Gasteiger partial charge is 0.314 e. The van der Waals surface area contributed by atoms with Crippen LogP contribution in [0.5, 0.6) is 0 Å². The van der Waals surface area contributed by atoms with Gasteiger partial charge in [-0.3, -0.25) is 4.79 Å². The first-order valence-corrected chi connectivity index (χ1v) is 6.56. The molecule has 100 valence electrons. The van der Waals surface area contributed by atoms with E-state index in [9.17, 15) is 14.3 Å². The summed E-state index contributed by atoms with van der Waals surface area (Å²) in [6, 6.07) is 4.98. The molecule has 0 spiro atoms. The SMILES string of the molecule is Cc1cc2cc(F)c(C3(C(=O)O)CCCC3)cc2[nH]1. The van der Waals surface area contributed by atoms with Crippen LogP contribution in [0.2, 0.25) is 0 Å². The maximum absolute atomic E-state index is 14.3. The molecule has 1 fully saturated rings. The van der Waals surface area contributed by atoms with E-state index in [0.29, 0.717) is 18.4 Å². The minimum atomic E-state index is -1.04. The van der Waals surface area contributed by atoms with Crippen molar-refractivity contribution in [3.63, 3.8) is 0 Å². The van der Waals surface area contributed by atoms with Gasteiger partial charge in [0, 0.05) is 22.2 Å². The van der Waals surface area contributed by atoms with E-state index < -0.39 is 17.2 Å². The number of aromatic amines is 1. The quantitative estimate of drug-likeness (QED) is 0.869. The molecule has 2 aromatic rings. The highest BCUT2D eigenvalue weighted by molar-refractivity contribution is 5.86. The highest BCUT2D eigenvalue weighted by Crippen LogP contribution is 2.43. The molecule has 19 heavy (non-hydrogen) atoms. The molecule has 0 amide bonds. The van der Waals surface area contributed by atoms with E-state index >= 15 is 0 Å². The van der Waals surface area contributed by atoms with Crippen molar-refractivity contribution in [2.75, 3.05) is 0 Å².